The van der Waals surface area contributed by atoms with Crippen LogP contribution in [0.25, 0.3) is 21.8 Å². The van der Waals surface area contributed by atoms with E-state index in [9.17, 15) is 29.8 Å². The van der Waals surface area contributed by atoms with Gasteiger partial charge < -0.3 is 10.3 Å². The van der Waals surface area contributed by atoms with Gasteiger partial charge in [-0.2, -0.15) is 0 Å². The number of benzene rings is 3. The minimum absolute atomic E-state index is 0.0426. The van der Waals surface area contributed by atoms with Crippen LogP contribution in [0.5, 0.6) is 0 Å². The highest BCUT2D eigenvalue weighted by molar-refractivity contribution is 6.35. The maximum absolute atomic E-state index is 11.3. The number of aromatic amines is 2. The van der Waals surface area contributed by atoms with E-state index in [2.05, 4.69) is 20.3 Å². The molecular weight excluding hydrogens is 577 g/mol. The second kappa shape index (κ2) is 11.4. The highest BCUT2D eigenvalue weighted by Crippen LogP contribution is 2.28. The smallest absolute Gasteiger partial charge is 0.326 e. The molecule has 198 valence electrons. The van der Waals surface area contributed by atoms with Gasteiger partial charge in [0.05, 0.1) is 26.3 Å². The molecule has 3 N–H and O–H groups in total. The molecule has 5 aromatic rings. The Bertz CT molecular complexity index is 1880. The van der Waals surface area contributed by atoms with Crippen LogP contribution in [0.4, 0.5) is 17.2 Å². The van der Waals surface area contributed by atoms with Crippen LogP contribution in [0.15, 0.2) is 64.2 Å². The lowest BCUT2D eigenvalue weighted by molar-refractivity contribution is -0.384. The summed E-state index contributed by atoms with van der Waals surface area (Å²) in [5, 5.41) is 26.2. The van der Waals surface area contributed by atoms with Gasteiger partial charge in [-0.15, -0.1) is 0 Å². The summed E-state index contributed by atoms with van der Waals surface area (Å²) in [7, 11) is 0. The molecular formula is C23H14Cl3N7O6. The van der Waals surface area contributed by atoms with Crippen LogP contribution in [0.1, 0.15) is 5.56 Å². The Kier molecular flexibility index (Phi) is 8.04. The standard InChI is InChI=1S/C15H9Cl3N4O2.C8H5N3O4/c16-9-2-1-8(12(17)5-9)7-19-14-11-6-10(22(23)24)3-4-13(11)20-15(18)21-14;12-7-5-3-4(11(14)15)1-2-6(5)9-8(13)10-7/h1-6H,7H2,(H,19,20,21);1-3H,(H2,9,10,12,13). The first-order valence-corrected chi connectivity index (χ1v) is 11.9. The first kappa shape index (κ1) is 27.4. The van der Waals surface area contributed by atoms with E-state index in [1.54, 1.807) is 18.2 Å². The number of nitrogens with one attached hydrogen (secondary N) is 3. The van der Waals surface area contributed by atoms with Gasteiger partial charge in [0.1, 0.15) is 5.82 Å². The Morgan fingerprint density at radius 3 is 2.15 bits per heavy atom. The van der Waals surface area contributed by atoms with E-state index in [0.29, 0.717) is 33.3 Å². The van der Waals surface area contributed by atoms with E-state index < -0.39 is 21.1 Å². The zero-order valence-electron chi connectivity index (χ0n) is 19.3. The molecule has 0 saturated carbocycles. The fourth-order valence-corrected chi connectivity index (χ4v) is 4.10. The quantitative estimate of drug-likeness (QED) is 0.140. The highest BCUT2D eigenvalue weighted by atomic mass is 35.5. The lowest BCUT2D eigenvalue weighted by Crippen LogP contribution is -2.21. The van der Waals surface area contributed by atoms with Crippen molar-refractivity contribution in [2.24, 2.45) is 0 Å². The van der Waals surface area contributed by atoms with E-state index in [1.807, 2.05) is 4.98 Å². The van der Waals surface area contributed by atoms with Gasteiger partial charge in [0.15, 0.2) is 0 Å². The Balaban J connectivity index is 0.000000202. The number of hydrogen-bond acceptors (Lipinski definition) is 9. The Morgan fingerprint density at radius 1 is 0.821 bits per heavy atom. The van der Waals surface area contributed by atoms with Crippen molar-refractivity contribution in [2.75, 3.05) is 5.32 Å². The summed E-state index contributed by atoms with van der Waals surface area (Å²) >= 11 is 17.9. The first-order valence-electron chi connectivity index (χ1n) is 10.7. The van der Waals surface area contributed by atoms with Crippen molar-refractivity contribution in [2.45, 2.75) is 6.54 Å². The monoisotopic (exact) mass is 589 g/mol. The number of hydrogen-bond donors (Lipinski definition) is 3. The first-order chi connectivity index (χ1) is 18.5. The molecule has 2 heterocycles. The number of anilines is 1. The van der Waals surface area contributed by atoms with Crippen molar-refractivity contribution in [1.29, 1.82) is 0 Å². The lowest BCUT2D eigenvalue weighted by atomic mass is 10.2. The zero-order valence-corrected chi connectivity index (χ0v) is 21.5. The molecule has 0 radical (unpaired) electrons. The molecule has 0 aliphatic rings. The summed E-state index contributed by atoms with van der Waals surface area (Å²) in [6, 6.07) is 13.1. The van der Waals surface area contributed by atoms with Gasteiger partial charge in [0.25, 0.3) is 16.9 Å². The van der Waals surface area contributed by atoms with E-state index in [4.69, 9.17) is 34.8 Å². The van der Waals surface area contributed by atoms with Crippen LogP contribution in [-0.4, -0.2) is 29.8 Å². The predicted octanol–water partition coefficient (Wildman–Crippen LogP) is 5.23. The number of fused-ring (bicyclic) bond motifs is 2. The third-order valence-electron chi connectivity index (χ3n) is 5.26. The highest BCUT2D eigenvalue weighted by Gasteiger charge is 2.13. The van der Waals surface area contributed by atoms with Gasteiger partial charge in [-0.3, -0.25) is 30.0 Å². The normalized spacial score (nSPS) is 10.6. The van der Waals surface area contributed by atoms with Gasteiger partial charge >= 0.3 is 5.69 Å². The van der Waals surface area contributed by atoms with Crippen molar-refractivity contribution < 1.29 is 9.85 Å². The van der Waals surface area contributed by atoms with Crippen LogP contribution in [0.2, 0.25) is 15.3 Å². The van der Waals surface area contributed by atoms with E-state index >= 15 is 0 Å². The molecule has 2 aromatic heterocycles. The predicted molar refractivity (Wildman–Crippen MR) is 147 cm³/mol. The molecule has 0 aliphatic heterocycles. The van der Waals surface area contributed by atoms with Gasteiger partial charge in [0.2, 0.25) is 5.28 Å². The van der Waals surface area contributed by atoms with Crippen LogP contribution in [0.3, 0.4) is 0 Å². The molecule has 0 amide bonds. The molecule has 0 fully saturated rings. The average Bonchev–Trinajstić information content (AvgIpc) is 2.87. The molecule has 13 nitrogen and oxygen atoms in total. The largest absolute Gasteiger partial charge is 0.365 e. The van der Waals surface area contributed by atoms with Crippen molar-refractivity contribution in [3.8, 4) is 0 Å². The molecule has 0 saturated heterocycles. The van der Waals surface area contributed by atoms with Crippen LogP contribution in [-0.2, 0) is 6.54 Å². The van der Waals surface area contributed by atoms with Crippen LogP contribution in [0, 0.1) is 20.2 Å². The third-order valence-corrected chi connectivity index (χ3v) is 6.01. The summed E-state index contributed by atoms with van der Waals surface area (Å²) in [5.74, 6) is 0.389. The van der Waals surface area contributed by atoms with Crippen molar-refractivity contribution >= 4 is 73.8 Å². The van der Waals surface area contributed by atoms with E-state index in [1.165, 1.54) is 30.3 Å². The number of aromatic nitrogens is 4. The molecule has 16 heteroatoms. The molecule has 0 atom stereocenters. The van der Waals surface area contributed by atoms with Crippen molar-refractivity contribution in [3.05, 3.63) is 117 Å². The van der Waals surface area contributed by atoms with Gasteiger partial charge in [-0.1, -0.05) is 29.3 Å². The van der Waals surface area contributed by atoms with E-state index in [-0.39, 0.29) is 27.6 Å². The SMILES string of the molecule is O=[N+]([O-])c1ccc2nc(Cl)nc(NCc3ccc(Cl)cc3Cl)c2c1.O=c1[nH]c(=O)c2cc([N+](=O)[O-])ccc2[nH]1. The Labute approximate surface area is 231 Å². The molecule has 0 bridgehead atoms. The molecule has 5 rings (SSSR count). The number of nitro benzene ring substituents is 2. The fourth-order valence-electron chi connectivity index (χ4n) is 3.45. The minimum atomic E-state index is -0.641. The zero-order chi connectivity index (χ0) is 28.3. The van der Waals surface area contributed by atoms with Gasteiger partial charge in [0, 0.05) is 46.2 Å². The second-order valence-corrected chi connectivity index (χ2v) is 8.97. The maximum Gasteiger partial charge on any atom is 0.326 e. The second-order valence-electron chi connectivity index (χ2n) is 7.78. The number of rotatable bonds is 5. The third kappa shape index (κ3) is 6.46. The number of nitrogens with zero attached hydrogens (tertiary/aromatic N) is 4. The summed E-state index contributed by atoms with van der Waals surface area (Å²) in [6.45, 7) is 0.348. The summed E-state index contributed by atoms with van der Waals surface area (Å²) < 4.78 is 0. The summed E-state index contributed by atoms with van der Waals surface area (Å²) in [6.07, 6.45) is 0. The molecule has 3 aromatic carbocycles. The lowest BCUT2D eigenvalue weighted by Gasteiger charge is -2.10. The fraction of sp³-hybridized carbons (Fsp3) is 0.0435. The van der Waals surface area contributed by atoms with E-state index in [0.717, 1.165) is 11.6 Å². The average molecular weight is 591 g/mol. The van der Waals surface area contributed by atoms with Crippen LogP contribution < -0.4 is 16.6 Å². The van der Waals surface area contributed by atoms with Crippen LogP contribution >= 0.6 is 34.8 Å². The van der Waals surface area contributed by atoms with Gasteiger partial charge in [-0.25, -0.2) is 14.8 Å². The number of halogens is 3. The summed E-state index contributed by atoms with van der Waals surface area (Å²) in [4.78, 5) is 55.0. The maximum atomic E-state index is 11.3. The minimum Gasteiger partial charge on any atom is -0.365 e. The Morgan fingerprint density at radius 2 is 1.49 bits per heavy atom. The number of nitro groups is 2. The number of non-ortho nitro benzene ring substituents is 2. The van der Waals surface area contributed by atoms with Gasteiger partial charge in [-0.05, 0) is 41.4 Å². The molecule has 0 spiro atoms. The molecule has 0 unspecified atom stereocenters. The van der Waals surface area contributed by atoms with Crippen molar-refractivity contribution in [1.82, 2.24) is 19.9 Å². The molecule has 39 heavy (non-hydrogen) atoms. The summed E-state index contributed by atoms with van der Waals surface area (Å²) in [5.41, 5.74) is 0.0499. The van der Waals surface area contributed by atoms with Crippen molar-refractivity contribution in [3.63, 3.8) is 0 Å². The Hall–Kier alpha value is -4.59. The molecule has 0 aliphatic carbocycles. The topological polar surface area (TPSA) is 190 Å². The number of H-pyrrole nitrogens is 2.